The first kappa shape index (κ1) is 25.2. The third-order valence-corrected chi connectivity index (χ3v) is 8.53. The Morgan fingerprint density at radius 3 is 1.00 bits per heavy atom. The summed E-state index contributed by atoms with van der Waals surface area (Å²) >= 11 is 0. The smallest absolute Gasteiger partial charge is 0.300 e. The van der Waals surface area contributed by atoms with Crippen molar-refractivity contribution < 1.29 is 12.6 Å². The molecule has 0 aliphatic rings. The van der Waals surface area contributed by atoms with Crippen LogP contribution in [0.25, 0.3) is 0 Å². The van der Waals surface area contributed by atoms with Crippen LogP contribution in [-0.2, 0) is 12.6 Å². The SMILES string of the molecule is CCC(=C[Si]OP(O[Si]C=C(CC)CC)O[Si]C=C(CC)CC)CC. The first-order valence-electron chi connectivity index (χ1n) is 9.26. The number of allylic oxidation sites excluding steroid dienone is 3. The van der Waals surface area contributed by atoms with Crippen molar-refractivity contribution in [2.45, 2.75) is 80.1 Å². The molecule has 3 nitrogen and oxygen atoms in total. The molecule has 0 heterocycles. The lowest BCUT2D eigenvalue weighted by atomic mass is 10.2. The zero-order chi connectivity index (χ0) is 18.9. The lowest BCUT2D eigenvalue weighted by Crippen LogP contribution is -2.04. The Labute approximate surface area is 164 Å². The highest BCUT2D eigenvalue weighted by atomic mass is 31.2. The Morgan fingerprint density at radius 2 is 0.800 bits per heavy atom. The summed E-state index contributed by atoms with van der Waals surface area (Å²) in [5.41, 5.74) is 10.8. The van der Waals surface area contributed by atoms with Gasteiger partial charge in [0.25, 0.3) is 37.9 Å². The fourth-order valence-electron chi connectivity index (χ4n) is 1.88. The van der Waals surface area contributed by atoms with Gasteiger partial charge in [0.2, 0.25) is 0 Å². The molecule has 0 atom stereocenters. The standard InChI is InChI=1S/C18H33O3PSi3/c1-7-16(8-2)13-23-19-22(20-24-14-17(9-3)10-4)21-25-15-18(11-5)12-6/h13-15H,7-12H2,1-6H3. The quantitative estimate of drug-likeness (QED) is 0.236. The summed E-state index contributed by atoms with van der Waals surface area (Å²) < 4.78 is 17.7. The molecule has 0 aliphatic heterocycles. The first-order chi connectivity index (χ1) is 12.1. The zero-order valence-corrected chi connectivity index (χ0v) is 20.5. The van der Waals surface area contributed by atoms with Crippen molar-refractivity contribution in [3.8, 4) is 0 Å². The van der Waals surface area contributed by atoms with Crippen LogP contribution in [0.5, 0.6) is 0 Å². The van der Waals surface area contributed by atoms with E-state index in [0.717, 1.165) is 38.5 Å². The summed E-state index contributed by atoms with van der Waals surface area (Å²) in [7, 11) is -0.369. The molecular weight excluding hydrogens is 379 g/mol. The first-order valence-corrected chi connectivity index (χ1v) is 13.3. The summed E-state index contributed by atoms with van der Waals surface area (Å²) in [6.45, 7) is 13.1. The van der Waals surface area contributed by atoms with Crippen LogP contribution in [0.2, 0.25) is 0 Å². The van der Waals surface area contributed by atoms with Gasteiger partial charge in [-0.25, -0.2) is 0 Å². The third kappa shape index (κ3) is 13.1. The second-order valence-corrected chi connectivity index (χ2v) is 9.59. The third-order valence-electron chi connectivity index (χ3n) is 3.90. The predicted octanol–water partition coefficient (Wildman–Crippen LogP) is 6.23. The molecule has 6 radical (unpaired) electrons. The minimum atomic E-state index is -1.28. The molecule has 7 heteroatoms. The van der Waals surface area contributed by atoms with Crippen molar-refractivity contribution in [2.75, 3.05) is 0 Å². The second-order valence-electron chi connectivity index (χ2n) is 5.38. The Hall–Kier alpha value is 0.181. The molecule has 0 aliphatic carbocycles. The van der Waals surface area contributed by atoms with Gasteiger partial charge in [-0.1, -0.05) is 75.4 Å². The van der Waals surface area contributed by atoms with Gasteiger partial charge in [-0.3, -0.25) is 0 Å². The topological polar surface area (TPSA) is 27.7 Å². The van der Waals surface area contributed by atoms with Crippen molar-refractivity contribution in [3.63, 3.8) is 0 Å². The molecule has 0 aromatic rings. The van der Waals surface area contributed by atoms with Crippen molar-refractivity contribution >= 4 is 37.9 Å². The molecule has 0 spiro atoms. The van der Waals surface area contributed by atoms with Crippen LogP contribution < -0.4 is 0 Å². The van der Waals surface area contributed by atoms with Crippen LogP contribution in [0.1, 0.15) is 80.1 Å². The lowest BCUT2D eigenvalue weighted by Gasteiger charge is -2.15. The van der Waals surface area contributed by atoms with Crippen molar-refractivity contribution in [1.82, 2.24) is 0 Å². The zero-order valence-electron chi connectivity index (χ0n) is 16.6. The van der Waals surface area contributed by atoms with E-state index in [1.807, 2.05) is 0 Å². The molecule has 0 saturated heterocycles. The van der Waals surface area contributed by atoms with Gasteiger partial charge < -0.3 is 12.6 Å². The van der Waals surface area contributed by atoms with Gasteiger partial charge >= 0.3 is 0 Å². The molecule has 25 heavy (non-hydrogen) atoms. The second kappa shape index (κ2) is 17.6. The van der Waals surface area contributed by atoms with E-state index in [0.29, 0.717) is 29.3 Å². The molecule has 0 unspecified atom stereocenters. The van der Waals surface area contributed by atoms with Crippen LogP contribution in [0.3, 0.4) is 0 Å². The number of hydrogen-bond acceptors (Lipinski definition) is 3. The van der Waals surface area contributed by atoms with E-state index < -0.39 is 8.60 Å². The Bertz CT molecular complexity index is 346. The van der Waals surface area contributed by atoms with E-state index in [1.165, 1.54) is 16.7 Å². The van der Waals surface area contributed by atoms with E-state index in [1.54, 1.807) is 0 Å². The Morgan fingerprint density at radius 1 is 0.560 bits per heavy atom. The normalized spacial score (nSPS) is 10.7. The average Bonchev–Trinajstić information content (AvgIpc) is 2.65. The summed E-state index contributed by atoms with van der Waals surface area (Å²) in [5.74, 6) is 0. The largest absolute Gasteiger partial charge is 0.351 e. The van der Waals surface area contributed by atoms with Gasteiger partial charge in [-0.05, 0) is 38.5 Å². The monoisotopic (exact) mass is 412 g/mol. The van der Waals surface area contributed by atoms with Gasteiger partial charge in [0, 0.05) is 0 Å². The minimum absolute atomic E-state index is 0.303. The molecule has 0 bridgehead atoms. The summed E-state index contributed by atoms with van der Waals surface area (Å²) in [6, 6.07) is 0. The predicted molar refractivity (Wildman–Crippen MR) is 113 cm³/mol. The van der Waals surface area contributed by atoms with E-state index in [2.05, 4.69) is 58.6 Å². The molecule has 0 amide bonds. The van der Waals surface area contributed by atoms with Crippen LogP contribution in [0.15, 0.2) is 33.8 Å². The van der Waals surface area contributed by atoms with Crippen molar-refractivity contribution in [3.05, 3.63) is 33.8 Å². The Balaban J connectivity index is 4.61. The number of rotatable bonds is 15. The minimum Gasteiger partial charge on any atom is -0.351 e. The Kier molecular flexibility index (Phi) is 17.7. The maximum atomic E-state index is 5.90. The lowest BCUT2D eigenvalue weighted by molar-refractivity contribution is 0.424. The molecule has 0 N–H and O–H groups in total. The highest BCUT2D eigenvalue weighted by Crippen LogP contribution is 2.38. The van der Waals surface area contributed by atoms with Gasteiger partial charge in [-0.15, -0.1) is 0 Å². The molecule has 140 valence electrons. The van der Waals surface area contributed by atoms with E-state index in [4.69, 9.17) is 12.6 Å². The van der Waals surface area contributed by atoms with Crippen molar-refractivity contribution in [2.24, 2.45) is 0 Å². The maximum Gasteiger partial charge on any atom is 0.300 e. The van der Waals surface area contributed by atoms with Crippen LogP contribution >= 0.6 is 8.60 Å². The summed E-state index contributed by atoms with van der Waals surface area (Å²) in [5, 5.41) is 0. The van der Waals surface area contributed by atoms with Crippen LogP contribution in [0, 0.1) is 0 Å². The highest BCUT2D eigenvalue weighted by Gasteiger charge is 2.12. The average molecular weight is 413 g/mol. The molecule has 0 rings (SSSR count). The van der Waals surface area contributed by atoms with Crippen LogP contribution in [0.4, 0.5) is 0 Å². The van der Waals surface area contributed by atoms with Gasteiger partial charge in [0.15, 0.2) is 0 Å². The molecule has 0 fully saturated rings. The summed E-state index contributed by atoms with van der Waals surface area (Å²) in [6.07, 6.45) is 6.47. The molecule has 0 aromatic heterocycles. The van der Waals surface area contributed by atoms with Gasteiger partial charge in [0.05, 0.1) is 0 Å². The highest BCUT2D eigenvalue weighted by molar-refractivity contribution is 7.45. The fourth-order valence-corrected chi connectivity index (χ4v) is 6.72. The number of hydrogen-bond donors (Lipinski definition) is 0. The van der Waals surface area contributed by atoms with E-state index >= 15 is 0 Å². The van der Waals surface area contributed by atoms with Gasteiger partial charge in [0.1, 0.15) is 0 Å². The van der Waals surface area contributed by atoms with Gasteiger partial charge in [-0.2, -0.15) is 0 Å². The summed E-state index contributed by atoms with van der Waals surface area (Å²) in [4.78, 5) is 0. The molecular formula is C18H33O3PSi3. The van der Waals surface area contributed by atoms with Crippen LogP contribution in [-0.4, -0.2) is 29.3 Å². The maximum absolute atomic E-state index is 5.90. The fraction of sp³-hybridized carbons (Fsp3) is 0.667. The van der Waals surface area contributed by atoms with E-state index in [9.17, 15) is 0 Å². The molecule has 0 saturated carbocycles. The molecule has 0 aromatic carbocycles. The van der Waals surface area contributed by atoms with Crippen molar-refractivity contribution in [1.29, 1.82) is 0 Å². The van der Waals surface area contributed by atoms with E-state index in [-0.39, 0.29) is 0 Å².